The summed E-state index contributed by atoms with van der Waals surface area (Å²) >= 11 is 0. The number of rotatable bonds is 2. The van der Waals surface area contributed by atoms with Crippen LogP contribution in [0.5, 0.6) is 0 Å². The second-order valence-corrected chi connectivity index (χ2v) is 5.01. The summed E-state index contributed by atoms with van der Waals surface area (Å²) in [4.78, 5) is 8.09. The number of nitrogens with zero attached hydrogens (tertiary/aromatic N) is 4. The number of aromatic nitrogens is 4. The van der Waals surface area contributed by atoms with Gasteiger partial charge in [-0.3, -0.25) is 0 Å². The van der Waals surface area contributed by atoms with Gasteiger partial charge in [-0.1, -0.05) is 6.07 Å². The second kappa shape index (κ2) is 5.18. The largest absolute Gasteiger partial charge is 0.416 e. The smallest absolute Gasteiger partial charge is 0.383 e. The molecule has 0 aliphatic heterocycles. The monoisotopic (exact) mass is 325 g/mol. The minimum absolute atomic E-state index is 0.00440. The number of alkyl halides is 3. The van der Waals surface area contributed by atoms with Gasteiger partial charge in [0.15, 0.2) is 0 Å². The third-order valence-corrected chi connectivity index (χ3v) is 3.52. The van der Waals surface area contributed by atoms with Crippen LogP contribution in [0.2, 0.25) is 0 Å². The Labute approximate surface area is 127 Å². The van der Waals surface area contributed by atoms with Crippen molar-refractivity contribution in [3.63, 3.8) is 0 Å². The van der Waals surface area contributed by atoms with Gasteiger partial charge in [0, 0.05) is 17.7 Å². The van der Waals surface area contributed by atoms with Crippen molar-refractivity contribution in [1.82, 2.24) is 19.6 Å². The van der Waals surface area contributed by atoms with Gasteiger partial charge < -0.3 is 5.73 Å². The molecule has 0 radical (unpaired) electrons. The van der Waals surface area contributed by atoms with E-state index in [4.69, 9.17) is 5.73 Å². The van der Waals surface area contributed by atoms with Crippen LogP contribution >= 0.6 is 0 Å². The molecular weight excluding hydrogens is 314 g/mol. The third kappa shape index (κ3) is 2.69. The summed E-state index contributed by atoms with van der Waals surface area (Å²) in [6.07, 6.45) is -3.30. The number of halogens is 4. The Morgan fingerprint density at radius 3 is 2.65 bits per heavy atom. The third-order valence-electron chi connectivity index (χ3n) is 3.52. The first-order valence-corrected chi connectivity index (χ1v) is 6.57. The fraction of sp³-hybridized carbons (Fsp3) is 0.214. The Morgan fingerprint density at radius 2 is 2.00 bits per heavy atom. The predicted octanol–water partition coefficient (Wildman–Crippen LogP) is 2.76. The lowest BCUT2D eigenvalue weighted by Gasteiger charge is -2.12. The molecule has 1 aromatic carbocycles. The number of hydrogen-bond donors (Lipinski definition) is 1. The van der Waals surface area contributed by atoms with E-state index in [-0.39, 0.29) is 17.8 Å². The van der Waals surface area contributed by atoms with Crippen molar-refractivity contribution in [2.24, 2.45) is 0 Å². The summed E-state index contributed by atoms with van der Waals surface area (Å²) < 4.78 is 53.0. The standard InChI is InChI=1S/C14H11F4N5/c1-7-10(12(19)23-13(22-7)20-6-21-23)4-8-2-3-9(5-11(8)15)14(16,17)18/h2-3,5-6H,4,19H2,1H3. The summed E-state index contributed by atoms with van der Waals surface area (Å²) in [6, 6.07) is 2.41. The molecule has 0 aliphatic carbocycles. The van der Waals surface area contributed by atoms with Crippen molar-refractivity contribution in [3.8, 4) is 0 Å². The van der Waals surface area contributed by atoms with E-state index in [1.807, 2.05) is 0 Å². The quantitative estimate of drug-likeness (QED) is 0.736. The molecular formula is C14H11F4N5. The number of nitrogens with two attached hydrogens (primary N) is 1. The van der Waals surface area contributed by atoms with Crippen LogP contribution in [0.3, 0.4) is 0 Å². The molecule has 23 heavy (non-hydrogen) atoms. The molecule has 9 heteroatoms. The number of nitrogen functional groups attached to an aromatic ring is 1. The molecule has 0 amide bonds. The Kier molecular flexibility index (Phi) is 3.42. The lowest BCUT2D eigenvalue weighted by atomic mass is 10.0. The van der Waals surface area contributed by atoms with Gasteiger partial charge in [0.2, 0.25) is 0 Å². The Morgan fingerprint density at radius 1 is 1.26 bits per heavy atom. The van der Waals surface area contributed by atoms with Gasteiger partial charge in [-0.15, -0.1) is 0 Å². The van der Waals surface area contributed by atoms with Crippen molar-refractivity contribution in [2.45, 2.75) is 19.5 Å². The van der Waals surface area contributed by atoms with Crippen LogP contribution in [0.25, 0.3) is 5.78 Å². The van der Waals surface area contributed by atoms with Gasteiger partial charge in [-0.25, -0.2) is 9.37 Å². The first-order chi connectivity index (χ1) is 10.8. The molecule has 120 valence electrons. The lowest BCUT2D eigenvalue weighted by Crippen LogP contribution is -2.10. The maximum atomic E-state index is 14.0. The average molecular weight is 325 g/mol. The SMILES string of the molecule is Cc1nc2ncnn2c(N)c1Cc1ccc(C(F)(F)F)cc1F. The van der Waals surface area contributed by atoms with E-state index < -0.39 is 17.6 Å². The van der Waals surface area contributed by atoms with E-state index >= 15 is 0 Å². The molecule has 0 spiro atoms. The van der Waals surface area contributed by atoms with Gasteiger partial charge in [0.1, 0.15) is 18.0 Å². The molecule has 2 N–H and O–H groups in total. The summed E-state index contributed by atoms with van der Waals surface area (Å²) in [5, 5.41) is 3.91. The summed E-state index contributed by atoms with van der Waals surface area (Å²) in [6.45, 7) is 1.67. The second-order valence-electron chi connectivity index (χ2n) is 5.01. The molecule has 0 unspecified atom stereocenters. The number of aryl methyl sites for hydroxylation is 1. The van der Waals surface area contributed by atoms with Crippen LogP contribution in [0.1, 0.15) is 22.4 Å². The molecule has 2 heterocycles. The van der Waals surface area contributed by atoms with Crippen LogP contribution < -0.4 is 5.73 Å². The van der Waals surface area contributed by atoms with E-state index in [2.05, 4.69) is 15.1 Å². The molecule has 0 aliphatic rings. The molecule has 2 aromatic heterocycles. The zero-order valence-electron chi connectivity index (χ0n) is 11.9. The highest BCUT2D eigenvalue weighted by Crippen LogP contribution is 2.31. The van der Waals surface area contributed by atoms with Gasteiger partial charge in [0.05, 0.1) is 5.56 Å². The Hall–Kier alpha value is -2.71. The molecule has 0 saturated carbocycles. The van der Waals surface area contributed by atoms with Crippen molar-refractivity contribution in [2.75, 3.05) is 5.73 Å². The lowest BCUT2D eigenvalue weighted by molar-refractivity contribution is -0.137. The molecule has 3 aromatic rings. The molecule has 0 saturated heterocycles. The fourth-order valence-electron chi connectivity index (χ4n) is 2.29. The Bertz CT molecular complexity index is 885. The highest BCUT2D eigenvalue weighted by molar-refractivity contribution is 5.51. The molecule has 5 nitrogen and oxygen atoms in total. The number of anilines is 1. The van der Waals surface area contributed by atoms with E-state index in [1.165, 1.54) is 10.8 Å². The maximum Gasteiger partial charge on any atom is 0.416 e. The van der Waals surface area contributed by atoms with Crippen molar-refractivity contribution in [3.05, 3.63) is 52.7 Å². The molecule has 3 rings (SSSR count). The van der Waals surface area contributed by atoms with Gasteiger partial charge in [0.25, 0.3) is 5.78 Å². The van der Waals surface area contributed by atoms with E-state index in [0.717, 1.165) is 12.1 Å². The van der Waals surface area contributed by atoms with E-state index in [1.54, 1.807) is 6.92 Å². The highest BCUT2D eigenvalue weighted by Gasteiger charge is 2.31. The van der Waals surface area contributed by atoms with Gasteiger partial charge >= 0.3 is 6.18 Å². The summed E-state index contributed by atoms with van der Waals surface area (Å²) in [7, 11) is 0. The van der Waals surface area contributed by atoms with Crippen LogP contribution in [0.15, 0.2) is 24.5 Å². The number of fused-ring (bicyclic) bond motifs is 1. The first-order valence-electron chi connectivity index (χ1n) is 6.57. The van der Waals surface area contributed by atoms with Crippen LogP contribution in [-0.2, 0) is 12.6 Å². The minimum Gasteiger partial charge on any atom is -0.383 e. The van der Waals surface area contributed by atoms with Crippen LogP contribution in [-0.4, -0.2) is 19.6 Å². The zero-order chi connectivity index (χ0) is 16.8. The predicted molar refractivity (Wildman–Crippen MR) is 74.1 cm³/mol. The summed E-state index contributed by atoms with van der Waals surface area (Å²) in [5.74, 6) is -0.418. The van der Waals surface area contributed by atoms with E-state index in [0.29, 0.717) is 23.1 Å². The van der Waals surface area contributed by atoms with Crippen molar-refractivity contribution >= 4 is 11.6 Å². The van der Waals surface area contributed by atoms with E-state index in [9.17, 15) is 17.6 Å². The summed E-state index contributed by atoms with van der Waals surface area (Å²) in [5.41, 5.74) is 6.04. The van der Waals surface area contributed by atoms with Gasteiger partial charge in [-0.05, 0) is 24.6 Å². The topological polar surface area (TPSA) is 69.1 Å². The Balaban J connectivity index is 2.02. The normalized spacial score (nSPS) is 12.0. The molecule has 0 fully saturated rings. The first kappa shape index (κ1) is 15.2. The van der Waals surface area contributed by atoms with Gasteiger partial charge in [-0.2, -0.15) is 27.8 Å². The van der Waals surface area contributed by atoms with Crippen molar-refractivity contribution < 1.29 is 17.6 Å². The van der Waals surface area contributed by atoms with Crippen LogP contribution in [0, 0.1) is 12.7 Å². The highest BCUT2D eigenvalue weighted by atomic mass is 19.4. The molecule has 0 atom stereocenters. The minimum atomic E-state index is -4.59. The average Bonchev–Trinajstić information content (AvgIpc) is 2.92. The van der Waals surface area contributed by atoms with Crippen LogP contribution in [0.4, 0.5) is 23.4 Å². The fourth-order valence-corrected chi connectivity index (χ4v) is 2.29. The molecule has 0 bridgehead atoms. The zero-order valence-corrected chi connectivity index (χ0v) is 11.9. The van der Waals surface area contributed by atoms with Crippen molar-refractivity contribution in [1.29, 1.82) is 0 Å². The maximum absolute atomic E-state index is 14.0. The number of hydrogen-bond acceptors (Lipinski definition) is 4. The number of benzene rings is 1.